The van der Waals surface area contributed by atoms with E-state index in [0.717, 1.165) is 57.8 Å². The van der Waals surface area contributed by atoms with E-state index < -0.39 is 0 Å². The van der Waals surface area contributed by atoms with Crippen LogP contribution in [0, 0.1) is 5.92 Å². The third-order valence-corrected chi connectivity index (χ3v) is 6.56. The van der Waals surface area contributed by atoms with Crippen LogP contribution in [0.4, 0.5) is 0 Å². The Labute approximate surface area is 166 Å². The Kier molecular flexibility index (Phi) is 4.91. The van der Waals surface area contributed by atoms with Crippen LogP contribution in [0.25, 0.3) is 5.69 Å². The summed E-state index contributed by atoms with van der Waals surface area (Å²) in [5, 5.41) is 4.42. The number of aromatic nitrogens is 2. The van der Waals surface area contributed by atoms with E-state index in [1.165, 1.54) is 6.42 Å². The zero-order chi connectivity index (χ0) is 18.9. The van der Waals surface area contributed by atoms with Crippen LogP contribution in [-0.2, 0) is 4.74 Å². The molecule has 0 radical (unpaired) electrons. The van der Waals surface area contributed by atoms with Crippen molar-refractivity contribution in [3.05, 3.63) is 48.3 Å². The van der Waals surface area contributed by atoms with Crippen molar-refractivity contribution in [1.82, 2.24) is 19.6 Å². The lowest BCUT2D eigenvalue weighted by molar-refractivity contribution is 0.0304. The second kappa shape index (κ2) is 7.68. The molecule has 6 rings (SSSR count). The maximum Gasteiger partial charge on any atom is 0.257 e. The van der Waals surface area contributed by atoms with Gasteiger partial charge in [0.2, 0.25) is 0 Å². The number of carbonyl (C=O) groups excluding carboxylic acids is 1. The fourth-order valence-corrected chi connectivity index (χ4v) is 5.04. The lowest BCUT2D eigenvalue weighted by atomic mass is 9.94. The summed E-state index contributed by atoms with van der Waals surface area (Å²) in [5.41, 5.74) is 1.67. The van der Waals surface area contributed by atoms with E-state index in [1.54, 1.807) is 10.9 Å². The maximum atomic E-state index is 13.3. The summed E-state index contributed by atoms with van der Waals surface area (Å²) >= 11 is 0. The highest BCUT2D eigenvalue weighted by Gasteiger charge is 2.39. The number of benzene rings is 1. The highest BCUT2D eigenvalue weighted by molar-refractivity contribution is 5.94. The summed E-state index contributed by atoms with van der Waals surface area (Å²) in [5.74, 6) is 0.709. The number of rotatable bonds is 3. The van der Waals surface area contributed by atoms with E-state index in [4.69, 9.17) is 4.74 Å². The summed E-state index contributed by atoms with van der Waals surface area (Å²) in [6, 6.07) is 10.9. The molecule has 28 heavy (non-hydrogen) atoms. The van der Waals surface area contributed by atoms with Crippen LogP contribution >= 0.6 is 0 Å². The second-order valence-electron chi connectivity index (χ2n) is 8.36. The molecular weight excluding hydrogens is 352 g/mol. The van der Waals surface area contributed by atoms with Crippen molar-refractivity contribution >= 4 is 5.91 Å². The van der Waals surface area contributed by atoms with Gasteiger partial charge in [-0.25, -0.2) is 4.68 Å². The second-order valence-corrected chi connectivity index (χ2v) is 8.36. The van der Waals surface area contributed by atoms with Gasteiger partial charge in [-0.15, -0.1) is 0 Å². The molecule has 1 aromatic carbocycles. The minimum absolute atomic E-state index is 0.130. The van der Waals surface area contributed by atoms with E-state index in [1.807, 2.05) is 36.5 Å². The molecule has 6 nitrogen and oxygen atoms in total. The fourth-order valence-electron chi connectivity index (χ4n) is 5.04. The van der Waals surface area contributed by atoms with Gasteiger partial charge >= 0.3 is 0 Å². The van der Waals surface area contributed by atoms with Gasteiger partial charge in [0, 0.05) is 51.1 Å². The highest BCUT2D eigenvalue weighted by Crippen LogP contribution is 2.31. The van der Waals surface area contributed by atoms with Gasteiger partial charge in [0.05, 0.1) is 17.4 Å². The topological polar surface area (TPSA) is 50.6 Å². The van der Waals surface area contributed by atoms with Gasteiger partial charge in [-0.2, -0.15) is 5.10 Å². The predicted octanol–water partition coefficient (Wildman–Crippen LogP) is 2.59. The van der Waals surface area contributed by atoms with E-state index in [9.17, 15) is 4.79 Å². The van der Waals surface area contributed by atoms with Gasteiger partial charge in [0.25, 0.3) is 5.91 Å². The number of para-hydroxylation sites is 1. The van der Waals surface area contributed by atoms with Crippen molar-refractivity contribution in [2.24, 2.45) is 5.92 Å². The molecule has 0 unspecified atom stereocenters. The Hall–Kier alpha value is -2.18. The van der Waals surface area contributed by atoms with E-state index in [2.05, 4.69) is 14.9 Å². The molecule has 0 saturated carbocycles. The van der Waals surface area contributed by atoms with Crippen molar-refractivity contribution in [2.45, 2.75) is 37.8 Å². The molecule has 4 saturated heterocycles. The number of hydrogen-bond acceptors (Lipinski definition) is 4. The van der Waals surface area contributed by atoms with Gasteiger partial charge < -0.3 is 9.64 Å². The van der Waals surface area contributed by atoms with Crippen LogP contribution in [0.15, 0.2) is 42.7 Å². The number of piperidine rings is 1. The molecule has 5 heterocycles. The van der Waals surface area contributed by atoms with Crippen LogP contribution < -0.4 is 0 Å². The first kappa shape index (κ1) is 17.9. The first-order chi connectivity index (χ1) is 13.8. The van der Waals surface area contributed by atoms with Crippen molar-refractivity contribution < 1.29 is 9.53 Å². The van der Waals surface area contributed by atoms with Gasteiger partial charge in [0.15, 0.2) is 0 Å². The van der Waals surface area contributed by atoms with Crippen LogP contribution in [0.3, 0.4) is 0 Å². The molecule has 0 aliphatic carbocycles. The third kappa shape index (κ3) is 3.47. The fraction of sp³-hybridized carbons (Fsp3) is 0.545. The molecular formula is C22H28N4O2. The smallest absolute Gasteiger partial charge is 0.257 e. The molecule has 6 heteroatoms. The monoisotopic (exact) mass is 380 g/mol. The lowest BCUT2D eigenvalue weighted by Crippen LogP contribution is -2.48. The first-order valence-electron chi connectivity index (χ1n) is 10.5. The number of fused-ring (bicyclic) bond motifs is 4. The molecule has 2 atom stereocenters. The summed E-state index contributed by atoms with van der Waals surface area (Å²) in [4.78, 5) is 18.1. The highest BCUT2D eigenvalue weighted by atomic mass is 16.5. The van der Waals surface area contributed by atoms with Crippen LogP contribution in [0.2, 0.25) is 0 Å². The lowest BCUT2D eigenvalue weighted by Gasteiger charge is -2.37. The van der Waals surface area contributed by atoms with Crippen LogP contribution in [0.5, 0.6) is 0 Å². The molecule has 4 aliphatic rings. The average molecular weight is 380 g/mol. The Morgan fingerprint density at radius 2 is 1.79 bits per heavy atom. The Bertz CT molecular complexity index is 815. The van der Waals surface area contributed by atoms with Crippen molar-refractivity contribution in [3.63, 3.8) is 0 Å². The van der Waals surface area contributed by atoms with E-state index in [-0.39, 0.29) is 5.91 Å². The van der Waals surface area contributed by atoms with Crippen molar-refractivity contribution in [3.8, 4) is 5.69 Å². The van der Waals surface area contributed by atoms with Crippen LogP contribution in [0.1, 0.15) is 36.0 Å². The van der Waals surface area contributed by atoms with Gasteiger partial charge in [-0.05, 0) is 43.7 Å². The zero-order valence-electron chi connectivity index (χ0n) is 16.2. The molecule has 4 fully saturated rings. The van der Waals surface area contributed by atoms with Gasteiger partial charge in [-0.1, -0.05) is 18.2 Å². The largest absolute Gasteiger partial charge is 0.381 e. The summed E-state index contributed by atoms with van der Waals surface area (Å²) in [7, 11) is 0. The SMILES string of the molecule is O=C(c1cnn(-c2ccccc2)c1)N1C[C@H]2CC[C@@H]1CN(C1CCOCC1)C2. The summed E-state index contributed by atoms with van der Waals surface area (Å²) in [6.45, 7) is 4.74. The molecule has 1 aromatic heterocycles. The minimum Gasteiger partial charge on any atom is -0.381 e. The van der Waals surface area contributed by atoms with E-state index in [0.29, 0.717) is 23.6 Å². The molecule has 2 aromatic rings. The molecule has 0 spiro atoms. The molecule has 2 bridgehead atoms. The van der Waals surface area contributed by atoms with Crippen molar-refractivity contribution in [1.29, 1.82) is 0 Å². The minimum atomic E-state index is 0.130. The summed E-state index contributed by atoms with van der Waals surface area (Å²) in [6.07, 6.45) is 8.17. The zero-order valence-corrected chi connectivity index (χ0v) is 16.2. The number of hydrogen-bond donors (Lipinski definition) is 0. The molecule has 148 valence electrons. The average Bonchev–Trinajstić information content (AvgIpc) is 3.07. The number of carbonyl (C=O) groups is 1. The molecule has 0 N–H and O–H groups in total. The Morgan fingerprint density at radius 1 is 0.964 bits per heavy atom. The normalized spacial score (nSPS) is 26.4. The number of amides is 1. The van der Waals surface area contributed by atoms with Crippen molar-refractivity contribution in [2.75, 3.05) is 32.8 Å². The standard InChI is InChI=1S/C22H28N4O2/c27-22(18-12-23-26(15-18)20-4-2-1-3-5-20)25-14-17-6-7-21(25)16-24(13-17)19-8-10-28-11-9-19/h1-5,12,15,17,19,21H,6-11,13-14,16H2/t17-,21+/m0/s1. The quantitative estimate of drug-likeness (QED) is 0.821. The third-order valence-electron chi connectivity index (χ3n) is 6.56. The first-order valence-corrected chi connectivity index (χ1v) is 10.5. The molecule has 1 amide bonds. The summed E-state index contributed by atoms with van der Waals surface area (Å²) < 4.78 is 7.34. The van der Waals surface area contributed by atoms with Crippen LogP contribution in [-0.4, -0.2) is 70.4 Å². The Balaban J connectivity index is 1.32. The maximum absolute atomic E-state index is 13.3. The number of ether oxygens (including phenoxy) is 1. The molecule has 4 aliphatic heterocycles. The van der Waals surface area contributed by atoms with Gasteiger partial charge in [0.1, 0.15) is 0 Å². The Morgan fingerprint density at radius 3 is 2.61 bits per heavy atom. The number of nitrogens with zero attached hydrogens (tertiary/aromatic N) is 4. The van der Waals surface area contributed by atoms with E-state index >= 15 is 0 Å². The van der Waals surface area contributed by atoms with Gasteiger partial charge in [-0.3, -0.25) is 9.69 Å². The predicted molar refractivity (Wildman–Crippen MR) is 107 cm³/mol.